The second kappa shape index (κ2) is 5.00. The van der Waals surface area contributed by atoms with Crippen LogP contribution in [0.5, 0.6) is 0 Å². The van der Waals surface area contributed by atoms with Crippen molar-refractivity contribution in [3.05, 3.63) is 35.4 Å². The van der Waals surface area contributed by atoms with Crippen molar-refractivity contribution in [3.63, 3.8) is 0 Å². The van der Waals surface area contributed by atoms with E-state index in [2.05, 4.69) is 29.2 Å². The molecular formula is C15H21NO2. The molecule has 0 saturated carbocycles. The number of hydrogen-bond acceptors (Lipinski definition) is 3. The molecule has 0 radical (unpaired) electrons. The Kier molecular flexibility index (Phi) is 3.37. The van der Waals surface area contributed by atoms with Crippen molar-refractivity contribution in [2.75, 3.05) is 32.9 Å². The molecule has 1 N–H and O–H groups in total. The van der Waals surface area contributed by atoms with Crippen LogP contribution >= 0.6 is 0 Å². The van der Waals surface area contributed by atoms with E-state index in [-0.39, 0.29) is 12.0 Å². The van der Waals surface area contributed by atoms with Crippen LogP contribution in [-0.4, -0.2) is 42.9 Å². The number of rotatable bonds is 3. The minimum absolute atomic E-state index is 0.000711. The minimum Gasteiger partial charge on any atom is -0.396 e. The summed E-state index contributed by atoms with van der Waals surface area (Å²) in [7, 11) is 0. The summed E-state index contributed by atoms with van der Waals surface area (Å²) < 4.78 is 5.28. The first-order valence-corrected chi connectivity index (χ1v) is 6.79. The van der Waals surface area contributed by atoms with Crippen LogP contribution in [0.1, 0.15) is 17.5 Å². The van der Waals surface area contributed by atoms with Crippen LogP contribution < -0.4 is 0 Å². The average Bonchev–Trinajstić information content (AvgIpc) is 2.55. The second-order valence-corrected chi connectivity index (χ2v) is 5.73. The zero-order chi connectivity index (χ0) is 12.4. The number of aliphatic hydroxyl groups is 1. The molecule has 0 aromatic heterocycles. The Morgan fingerprint density at radius 1 is 1.22 bits per heavy atom. The highest BCUT2D eigenvalue weighted by Gasteiger charge is 2.39. The summed E-state index contributed by atoms with van der Waals surface area (Å²) in [6.45, 7) is 4.75. The highest BCUT2D eigenvalue weighted by atomic mass is 16.5. The number of hydrogen-bond donors (Lipinski definition) is 1. The van der Waals surface area contributed by atoms with Crippen LogP contribution in [0, 0.1) is 5.41 Å². The van der Waals surface area contributed by atoms with Crippen LogP contribution in [0.3, 0.4) is 0 Å². The van der Waals surface area contributed by atoms with Gasteiger partial charge in [-0.05, 0) is 30.5 Å². The highest BCUT2D eigenvalue weighted by molar-refractivity contribution is 5.28. The molecule has 1 saturated heterocycles. The molecule has 18 heavy (non-hydrogen) atoms. The SMILES string of the molecule is OCC1(CN2CCCc3ccccc3C2)COC1. The average molecular weight is 247 g/mol. The Hall–Kier alpha value is -0.900. The van der Waals surface area contributed by atoms with Gasteiger partial charge in [-0.15, -0.1) is 0 Å². The van der Waals surface area contributed by atoms with Gasteiger partial charge in [-0.1, -0.05) is 24.3 Å². The van der Waals surface area contributed by atoms with E-state index in [1.54, 1.807) is 0 Å². The Bertz CT molecular complexity index is 409. The monoisotopic (exact) mass is 247 g/mol. The summed E-state index contributed by atoms with van der Waals surface area (Å²) in [5.41, 5.74) is 2.94. The molecule has 98 valence electrons. The minimum atomic E-state index is -0.000711. The van der Waals surface area contributed by atoms with Crippen LogP contribution in [0.2, 0.25) is 0 Å². The molecule has 1 fully saturated rings. The van der Waals surface area contributed by atoms with Crippen molar-refractivity contribution in [1.82, 2.24) is 4.90 Å². The lowest BCUT2D eigenvalue weighted by molar-refractivity contribution is -0.149. The molecule has 3 heteroatoms. The van der Waals surface area contributed by atoms with Gasteiger partial charge in [0.15, 0.2) is 0 Å². The number of nitrogens with zero attached hydrogens (tertiary/aromatic N) is 1. The van der Waals surface area contributed by atoms with Gasteiger partial charge in [0, 0.05) is 13.1 Å². The molecule has 2 aliphatic heterocycles. The number of aliphatic hydroxyl groups excluding tert-OH is 1. The molecule has 0 atom stereocenters. The molecule has 3 rings (SSSR count). The topological polar surface area (TPSA) is 32.7 Å². The van der Waals surface area contributed by atoms with E-state index in [0.717, 1.165) is 19.6 Å². The lowest BCUT2D eigenvalue weighted by atomic mass is 9.86. The summed E-state index contributed by atoms with van der Waals surface area (Å²) in [6, 6.07) is 8.73. The third-order valence-electron chi connectivity index (χ3n) is 4.14. The zero-order valence-electron chi connectivity index (χ0n) is 10.8. The molecule has 0 aliphatic carbocycles. The second-order valence-electron chi connectivity index (χ2n) is 5.73. The summed E-state index contributed by atoms with van der Waals surface area (Å²) in [6.07, 6.45) is 2.38. The standard InChI is InChI=1S/C15H21NO2/c17-10-15(11-18-12-15)9-16-7-3-6-13-4-1-2-5-14(13)8-16/h1-2,4-5,17H,3,6-12H2. The maximum absolute atomic E-state index is 9.53. The van der Waals surface area contributed by atoms with E-state index < -0.39 is 0 Å². The van der Waals surface area contributed by atoms with Crippen molar-refractivity contribution in [2.24, 2.45) is 5.41 Å². The van der Waals surface area contributed by atoms with Crippen LogP contribution in [-0.2, 0) is 17.7 Å². The molecular weight excluding hydrogens is 226 g/mol. The summed E-state index contributed by atoms with van der Waals surface area (Å²) in [4.78, 5) is 2.48. The fraction of sp³-hybridized carbons (Fsp3) is 0.600. The van der Waals surface area contributed by atoms with Gasteiger partial charge in [0.2, 0.25) is 0 Å². The Balaban J connectivity index is 1.71. The zero-order valence-corrected chi connectivity index (χ0v) is 10.8. The molecule has 0 bridgehead atoms. The molecule has 0 amide bonds. The van der Waals surface area contributed by atoms with Gasteiger partial charge >= 0.3 is 0 Å². The fourth-order valence-electron chi connectivity index (χ4n) is 3.00. The number of benzene rings is 1. The quantitative estimate of drug-likeness (QED) is 0.877. The summed E-state index contributed by atoms with van der Waals surface area (Å²) >= 11 is 0. The first-order chi connectivity index (χ1) is 8.81. The van der Waals surface area contributed by atoms with Gasteiger partial charge < -0.3 is 9.84 Å². The van der Waals surface area contributed by atoms with Gasteiger partial charge in [0.1, 0.15) is 0 Å². The molecule has 1 aromatic rings. The van der Waals surface area contributed by atoms with E-state index in [1.165, 1.54) is 24.0 Å². The van der Waals surface area contributed by atoms with Crippen molar-refractivity contribution in [2.45, 2.75) is 19.4 Å². The lowest BCUT2D eigenvalue weighted by Gasteiger charge is -2.43. The van der Waals surface area contributed by atoms with Crippen LogP contribution in [0.15, 0.2) is 24.3 Å². The summed E-state index contributed by atoms with van der Waals surface area (Å²) in [5.74, 6) is 0. The van der Waals surface area contributed by atoms with Crippen molar-refractivity contribution >= 4 is 0 Å². The van der Waals surface area contributed by atoms with E-state index in [1.807, 2.05) is 0 Å². The van der Waals surface area contributed by atoms with Gasteiger partial charge in [-0.2, -0.15) is 0 Å². The van der Waals surface area contributed by atoms with Crippen molar-refractivity contribution in [1.29, 1.82) is 0 Å². The van der Waals surface area contributed by atoms with Gasteiger partial charge in [-0.3, -0.25) is 4.90 Å². The van der Waals surface area contributed by atoms with Crippen LogP contribution in [0.4, 0.5) is 0 Å². The summed E-state index contributed by atoms with van der Waals surface area (Å²) in [5, 5.41) is 9.53. The van der Waals surface area contributed by atoms with Gasteiger partial charge in [0.05, 0.1) is 25.2 Å². The fourth-order valence-corrected chi connectivity index (χ4v) is 3.00. The van der Waals surface area contributed by atoms with Crippen LogP contribution in [0.25, 0.3) is 0 Å². The molecule has 0 unspecified atom stereocenters. The van der Waals surface area contributed by atoms with E-state index in [4.69, 9.17) is 4.74 Å². The first kappa shape index (κ1) is 12.2. The predicted molar refractivity (Wildman–Crippen MR) is 70.4 cm³/mol. The Morgan fingerprint density at radius 2 is 2.00 bits per heavy atom. The number of ether oxygens (including phenoxy) is 1. The van der Waals surface area contributed by atoms with E-state index >= 15 is 0 Å². The first-order valence-electron chi connectivity index (χ1n) is 6.79. The third-order valence-corrected chi connectivity index (χ3v) is 4.14. The van der Waals surface area contributed by atoms with E-state index in [0.29, 0.717) is 13.2 Å². The lowest BCUT2D eigenvalue weighted by Crippen LogP contribution is -2.53. The maximum atomic E-state index is 9.53. The smallest absolute Gasteiger partial charge is 0.0579 e. The molecule has 3 nitrogen and oxygen atoms in total. The largest absolute Gasteiger partial charge is 0.396 e. The molecule has 2 heterocycles. The normalized spacial score (nSPS) is 22.9. The third kappa shape index (κ3) is 2.30. The predicted octanol–water partition coefficient (Wildman–Crippen LogP) is 1.44. The highest BCUT2D eigenvalue weighted by Crippen LogP contribution is 2.29. The van der Waals surface area contributed by atoms with Crippen molar-refractivity contribution in [3.8, 4) is 0 Å². The Morgan fingerprint density at radius 3 is 2.67 bits per heavy atom. The van der Waals surface area contributed by atoms with Crippen molar-refractivity contribution < 1.29 is 9.84 Å². The number of aryl methyl sites for hydroxylation is 1. The van der Waals surface area contributed by atoms with Gasteiger partial charge in [0.25, 0.3) is 0 Å². The Labute approximate surface area is 108 Å². The van der Waals surface area contributed by atoms with Gasteiger partial charge in [-0.25, -0.2) is 0 Å². The molecule has 0 spiro atoms. The maximum Gasteiger partial charge on any atom is 0.0579 e. The molecule has 2 aliphatic rings. The number of fused-ring (bicyclic) bond motifs is 1. The van der Waals surface area contributed by atoms with E-state index in [9.17, 15) is 5.11 Å². The molecule has 1 aromatic carbocycles.